The van der Waals surface area contributed by atoms with Crippen LogP contribution in [0.2, 0.25) is 0 Å². The fraction of sp³-hybridized carbons (Fsp3) is 0.375. The minimum Gasteiger partial charge on any atom is -0.486 e. The van der Waals surface area contributed by atoms with Gasteiger partial charge in [-0.15, -0.1) is 0 Å². The first-order valence-electron chi connectivity index (χ1n) is 7.30. The maximum Gasteiger partial charge on any atom is 0.166 e. The van der Waals surface area contributed by atoms with Crippen molar-refractivity contribution in [2.24, 2.45) is 5.73 Å². The Morgan fingerprint density at radius 2 is 1.76 bits per heavy atom. The molecule has 0 amide bonds. The minimum atomic E-state index is 0.356. The molecule has 0 unspecified atom stereocenters. The smallest absolute Gasteiger partial charge is 0.166 e. The Morgan fingerprint density at radius 1 is 1.10 bits per heavy atom. The van der Waals surface area contributed by atoms with Crippen LogP contribution >= 0.6 is 0 Å². The molecule has 1 aromatic carbocycles. The topological polar surface area (TPSA) is 64.3 Å². The zero-order valence-corrected chi connectivity index (χ0v) is 12.0. The molecule has 2 N–H and O–H groups in total. The van der Waals surface area contributed by atoms with Gasteiger partial charge in [-0.25, -0.2) is 9.97 Å². The average molecular weight is 284 g/mol. The predicted octanol–water partition coefficient (Wildman–Crippen LogP) is 1.98. The highest BCUT2D eigenvalue weighted by Crippen LogP contribution is 2.22. The summed E-state index contributed by atoms with van der Waals surface area (Å²) in [6, 6.07) is 10.3. The molecule has 3 rings (SSSR count). The van der Waals surface area contributed by atoms with E-state index in [9.17, 15) is 0 Å². The summed E-state index contributed by atoms with van der Waals surface area (Å²) in [6.07, 6.45) is 5.55. The number of anilines is 1. The Labute approximate surface area is 124 Å². The number of nitrogens with two attached hydrogens (primary N) is 1. The summed E-state index contributed by atoms with van der Waals surface area (Å²) in [5.74, 6) is 1.52. The van der Waals surface area contributed by atoms with Crippen molar-refractivity contribution in [3.8, 4) is 5.75 Å². The van der Waals surface area contributed by atoms with Crippen LogP contribution in [0.5, 0.6) is 5.75 Å². The van der Waals surface area contributed by atoms with Gasteiger partial charge in [0.1, 0.15) is 12.4 Å². The molecule has 0 atom stereocenters. The first-order valence-corrected chi connectivity index (χ1v) is 7.30. The third-order valence-corrected chi connectivity index (χ3v) is 3.73. The summed E-state index contributed by atoms with van der Waals surface area (Å²) in [5, 5.41) is 0. The molecule has 1 aromatic heterocycles. The number of benzene rings is 1. The van der Waals surface area contributed by atoms with Crippen molar-refractivity contribution in [3.05, 3.63) is 48.5 Å². The minimum absolute atomic E-state index is 0.356. The van der Waals surface area contributed by atoms with Gasteiger partial charge < -0.3 is 15.4 Å². The molecule has 1 aliphatic heterocycles. The zero-order chi connectivity index (χ0) is 14.5. The van der Waals surface area contributed by atoms with E-state index in [2.05, 4.69) is 27.0 Å². The molecule has 0 aliphatic carbocycles. The standard InChI is InChI=1S/C16H20N4O/c17-13-6-10-20(11-7-13)14-2-4-15(5-3-14)21-12-16-18-8-1-9-19-16/h1-5,8-9,13H,6-7,10-12,17H2. The quantitative estimate of drug-likeness (QED) is 0.930. The van der Waals surface area contributed by atoms with Gasteiger partial charge in [-0.1, -0.05) is 0 Å². The van der Waals surface area contributed by atoms with Crippen LogP contribution in [-0.4, -0.2) is 29.1 Å². The van der Waals surface area contributed by atoms with E-state index in [1.54, 1.807) is 18.5 Å². The van der Waals surface area contributed by atoms with E-state index in [1.165, 1.54) is 5.69 Å². The van der Waals surface area contributed by atoms with Crippen LogP contribution in [0.1, 0.15) is 18.7 Å². The first-order chi connectivity index (χ1) is 10.3. The van der Waals surface area contributed by atoms with Crippen LogP contribution < -0.4 is 15.4 Å². The number of rotatable bonds is 4. The summed E-state index contributed by atoms with van der Waals surface area (Å²) in [4.78, 5) is 10.6. The second kappa shape index (κ2) is 6.54. The van der Waals surface area contributed by atoms with Crippen molar-refractivity contribution in [2.75, 3.05) is 18.0 Å². The Hall–Kier alpha value is -2.14. The van der Waals surface area contributed by atoms with Gasteiger partial charge in [0.25, 0.3) is 0 Å². The predicted molar refractivity (Wildman–Crippen MR) is 82.2 cm³/mol. The van der Waals surface area contributed by atoms with Gasteiger partial charge in [0, 0.05) is 37.2 Å². The molecule has 2 heterocycles. The van der Waals surface area contributed by atoms with E-state index in [0.717, 1.165) is 31.7 Å². The molecule has 0 spiro atoms. The monoisotopic (exact) mass is 284 g/mol. The maximum absolute atomic E-state index is 5.94. The van der Waals surface area contributed by atoms with E-state index in [0.29, 0.717) is 18.5 Å². The van der Waals surface area contributed by atoms with Gasteiger partial charge in [0.15, 0.2) is 5.82 Å². The summed E-state index contributed by atoms with van der Waals surface area (Å²) < 4.78 is 5.69. The number of nitrogens with zero attached hydrogens (tertiary/aromatic N) is 3. The van der Waals surface area contributed by atoms with Crippen LogP contribution in [-0.2, 0) is 6.61 Å². The molecule has 0 radical (unpaired) electrons. The lowest BCUT2D eigenvalue weighted by Crippen LogP contribution is -2.39. The lowest BCUT2D eigenvalue weighted by Gasteiger charge is -2.32. The van der Waals surface area contributed by atoms with Gasteiger partial charge in [-0.2, -0.15) is 0 Å². The van der Waals surface area contributed by atoms with Crippen LogP contribution in [0.4, 0.5) is 5.69 Å². The molecule has 110 valence electrons. The summed E-state index contributed by atoms with van der Waals surface area (Å²) in [6.45, 7) is 2.44. The number of piperidine rings is 1. The summed E-state index contributed by atoms with van der Waals surface area (Å²) >= 11 is 0. The Bertz CT molecular complexity index is 550. The molecule has 0 bridgehead atoms. The molecule has 1 aliphatic rings. The zero-order valence-electron chi connectivity index (χ0n) is 12.0. The van der Waals surface area contributed by atoms with Crippen molar-refractivity contribution >= 4 is 5.69 Å². The number of aromatic nitrogens is 2. The molecule has 2 aromatic rings. The second-order valence-electron chi connectivity index (χ2n) is 5.27. The summed E-state index contributed by atoms with van der Waals surface area (Å²) in [7, 11) is 0. The first kappa shape index (κ1) is 13.8. The average Bonchev–Trinajstić information content (AvgIpc) is 2.55. The van der Waals surface area contributed by atoms with Crippen LogP contribution in [0.3, 0.4) is 0 Å². The van der Waals surface area contributed by atoms with Crippen LogP contribution in [0.15, 0.2) is 42.7 Å². The van der Waals surface area contributed by atoms with E-state index >= 15 is 0 Å². The van der Waals surface area contributed by atoms with Gasteiger partial charge in [0.05, 0.1) is 0 Å². The fourth-order valence-electron chi connectivity index (χ4n) is 2.46. The number of hydrogen-bond donors (Lipinski definition) is 1. The van der Waals surface area contributed by atoms with Gasteiger partial charge >= 0.3 is 0 Å². The third kappa shape index (κ3) is 3.70. The fourth-order valence-corrected chi connectivity index (χ4v) is 2.46. The SMILES string of the molecule is NC1CCN(c2ccc(OCc3ncccn3)cc2)CC1. The number of hydrogen-bond acceptors (Lipinski definition) is 5. The van der Waals surface area contributed by atoms with Crippen molar-refractivity contribution < 1.29 is 4.74 Å². The van der Waals surface area contributed by atoms with E-state index < -0.39 is 0 Å². The van der Waals surface area contributed by atoms with Crippen molar-refractivity contribution in [2.45, 2.75) is 25.5 Å². The lowest BCUT2D eigenvalue weighted by molar-refractivity contribution is 0.296. The Morgan fingerprint density at radius 3 is 2.43 bits per heavy atom. The van der Waals surface area contributed by atoms with E-state index in [4.69, 9.17) is 10.5 Å². The highest BCUT2D eigenvalue weighted by atomic mass is 16.5. The van der Waals surface area contributed by atoms with Gasteiger partial charge in [0.2, 0.25) is 0 Å². The van der Waals surface area contributed by atoms with Crippen molar-refractivity contribution in [1.29, 1.82) is 0 Å². The maximum atomic E-state index is 5.94. The highest BCUT2D eigenvalue weighted by molar-refractivity contribution is 5.49. The molecular weight excluding hydrogens is 264 g/mol. The summed E-state index contributed by atoms with van der Waals surface area (Å²) in [5.41, 5.74) is 7.16. The second-order valence-corrected chi connectivity index (χ2v) is 5.27. The molecule has 1 saturated heterocycles. The Balaban J connectivity index is 1.57. The molecule has 5 heteroatoms. The molecule has 1 fully saturated rings. The van der Waals surface area contributed by atoms with Gasteiger partial charge in [-0.05, 0) is 43.2 Å². The largest absolute Gasteiger partial charge is 0.486 e. The molecule has 5 nitrogen and oxygen atoms in total. The number of ether oxygens (including phenoxy) is 1. The molecular formula is C16H20N4O. The van der Waals surface area contributed by atoms with E-state index in [-0.39, 0.29) is 0 Å². The lowest BCUT2D eigenvalue weighted by atomic mass is 10.1. The van der Waals surface area contributed by atoms with Crippen molar-refractivity contribution in [1.82, 2.24) is 9.97 Å². The Kier molecular flexibility index (Phi) is 4.31. The normalized spacial score (nSPS) is 16.0. The van der Waals surface area contributed by atoms with Gasteiger partial charge in [-0.3, -0.25) is 0 Å². The molecule has 21 heavy (non-hydrogen) atoms. The highest BCUT2D eigenvalue weighted by Gasteiger charge is 2.16. The van der Waals surface area contributed by atoms with Crippen molar-refractivity contribution in [3.63, 3.8) is 0 Å². The van der Waals surface area contributed by atoms with E-state index in [1.807, 2.05) is 12.1 Å². The molecule has 0 saturated carbocycles. The van der Waals surface area contributed by atoms with Crippen LogP contribution in [0.25, 0.3) is 0 Å². The van der Waals surface area contributed by atoms with Crippen LogP contribution in [0, 0.1) is 0 Å². The third-order valence-electron chi connectivity index (χ3n) is 3.73.